The first-order chi connectivity index (χ1) is 15.1. The largest absolute Gasteiger partial charge is 0.478 e. The number of anilines is 2. The maximum atomic E-state index is 12.8. The number of para-hydroxylation sites is 2. The number of rotatable bonds is 6. The highest BCUT2D eigenvalue weighted by Gasteiger charge is 2.14. The van der Waals surface area contributed by atoms with E-state index in [1.165, 1.54) is 12.1 Å². The van der Waals surface area contributed by atoms with Crippen LogP contribution in [0, 0.1) is 0 Å². The van der Waals surface area contributed by atoms with Crippen LogP contribution < -0.4 is 15.0 Å². The van der Waals surface area contributed by atoms with Crippen molar-refractivity contribution in [1.82, 2.24) is 0 Å². The minimum Gasteiger partial charge on any atom is -0.478 e. The van der Waals surface area contributed by atoms with Gasteiger partial charge < -0.3 is 24.8 Å². The molecule has 3 aromatic rings. The summed E-state index contributed by atoms with van der Waals surface area (Å²) in [6.07, 6.45) is 0. The Balaban J connectivity index is 1.45. The summed E-state index contributed by atoms with van der Waals surface area (Å²) < 4.78 is 11.2. The Morgan fingerprint density at radius 3 is 2.19 bits per heavy atom. The van der Waals surface area contributed by atoms with Crippen molar-refractivity contribution in [3.05, 3.63) is 83.9 Å². The van der Waals surface area contributed by atoms with Crippen molar-refractivity contribution in [2.45, 2.75) is 0 Å². The smallest absolute Gasteiger partial charge is 0.335 e. The Labute approximate surface area is 179 Å². The number of carbonyl (C=O) groups excluding carboxylic acids is 1. The zero-order chi connectivity index (χ0) is 21.6. The van der Waals surface area contributed by atoms with Gasteiger partial charge in [0.15, 0.2) is 5.75 Å². The summed E-state index contributed by atoms with van der Waals surface area (Å²) in [4.78, 5) is 26.0. The van der Waals surface area contributed by atoms with Gasteiger partial charge in [0.25, 0.3) is 5.91 Å². The van der Waals surface area contributed by atoms with Crippen LogP contribution in [-0.2, 0) is 4.74 Å². The van der Waals surface area contributed by atoms with E-state index in [-0.39, 0.29) is 11.5 Å². The molecule has 1 amide bonds. The lowest BCUT2D eigenvalue weighted by molar-refractivity contribution is 0.0696. The van der Waals surface area contributed by atoms with Gasteiger partial charge in [-0.2, -0.15) is 0 Å². The molecule has 1 fully saturated rings. The number of hydrogen-bond acceptors (Lipinski definition) is 5. The summed E-state index contributed by atoms with van der Waals surface area (Å²) in [7, 11) is 0. The number of ether oxygens (including phenoxy) is 2. The fourth-order valence-electron chi connectivity index (χ4n) is 3.29. The van der Waals surface area contributed by atoms with Gasteiger partial charge in [-0.05, 0) is 60.7 Å². The molecule has 3 aromatic carbocycles. The van der Waals surface area contributed by atoms with Crippen molar-refractivity contribution in [2.24, 2.45) is 0 Å². The highest BCUT2D eigenvalue weighted by atomic mass is 16.5. The van der Waals surface area contributed by atoms with E-state index >= 15 is 0 Å². The molecule has 1 aliphatic rings. The number of carbonyl (C=O) groups is 2. The van der Waals surface area contributed by atoms with E-state index in [4.69, 9.17) is 14.6 Å². The third kappa shape index (κ3) is 5.02. The lowest BCUT2D eigenvalue weighted by Crippen LogP contribution is -2.36. The molecule has 0 aliphatic carbocycles. The van der Waals surface area contributed by atoms with Gasteiger partial charge in [-0.15, -0.1) is 0 Å². The maximum Gasteiger partial charge on any atom is 0.335 e. The van der Waals surface area contributed by atoms with Crippen LogP contribution in [0.2, 0.25) is 0 Å². The molecule has 0 atom stereocenters. The highest BCUT2D eigenvalue weighted by Crippen LogP contribution is 2.30. The molecular formula is C24H22N2O5. The van der Waals surface area contributed by atoms with Crippen LogP contribution in [0.5, 0.6) is 11.5 Å². The number of amides is 1. The average Bonchev–Trinajstić information content (AvgIpc) is 2.81. The summed E-state index contributed by atoms with van der Waals surface area (Å²) in [5.74, 6) is -0.310. The second-order valence-corrected chi connectivity index (χ2v) is 7.03. The van der Waals surface area contributed by atoms with E-state index in [0.717, 1.165) is 18.8 Å². The Morgan fingerprint density at radius 2 is 1.52 bits per heavy atom. The van der Waals surface area contributed by atoms with Gasteiger partial charge in [-0.3, -0.25) is 4.79 Å². The highest BCUT2D eigenvalue weighted by molar-refractivity contribution is 6.05. The van der Waals surface area contributed by atoms with Crippen molar-refractivity contribution in [1.29, 1.82) is 0 Å². The zero-order valence-corrected chi connectivity index (χ0v) is 16.8. The first-order valence-corrected chi connectivity index (χ1v) is 9.94. The predicted octanol–water partition coefficient (Wildman–Crippen LogP) is 4.27. The standard InChI is InChI=1S/C24H22N2O5/c27-23(17-5-9-19(10-6-17)26-13-15-30-16-14-26)25-21-3-1-2-4-22(21)31-20-11-7-18(8-12-20)24(28)29/h1-12H,13-16H2,(H,25,27)(H,28,29). The molecule has 7 nitrogen and oxygen atoms in total. The number of nitrogens with one attached hydrogen (secondary N) is 1. The van der Waals surface area contributed by atoms with E-state index in [9.17, 15) is 9.59 Å². The molecule has 1 heterocycles. The van der Waals surface area contributed by atoms with Crippen molar-refractivity contribution in [2.75, 3.05) is 36.5 Å². The van der Waals surface area contributed by atoms with Gasteiger partial charge in [-0.25, -0.2) is 4.79 Å². The summed E-state index contributed by atoms with van der Waals surface area (Å²) in [5, 5.41) is 11.9. The number of carboxylic acids is 1. The molecule has 0 radical (unpaired) electrons. The second kappa shape index (κ2) is 9.32. The molecule has 0 bridgehead atoms. The summed E-state index contributed by atoms with van der Waals surface area (Å²) in [6.45, 7) is 3.09. The predicted molar refractivity (Wildman–Crippen MR) is 117 cm³/mol. The van der Waals surface area contributed by atoms with E-state index in [2.05, 4.69) is 10.2 Å². The quantitative estimate of drug-likeness (QED) is 0.622. The van der Waals surface area contributed by atoms with Crippen LogP contribution in [0.1, 0.15) is 20.7 Å². The van der Waals surface area contributed by atoms with E-state index < -0.39 is 5.97 Å². The summed E-state index contributed by atoms with van der Waals surface area (Å²) in [6, 6.07) is 20.7. The molecule has 31 heavy (non-hydrogen) atoms. The molecule has 0 unspecified atom stereocenters. The zero-order valence-electron chi connectivity index (χ0n) is 16.8. The molecular weight excluding hydrogens is 396 g/mol. The Bertz CT molecular complexity index is 1060. The third-order valence-electron chi connectivity index (χ3n) is 4.97. The van der Waals surface area contributed by atoms with Gasteiger partial charge in [0.1, 0.15) is 5.75 Å². The van der Waals surface area contributed by atoms with Gasteiger partial charge in [0.2, 0.25) is 0 Å². The van der Waals surface area contributed by atoms with Crippen LogP contribution in [0.3, 0.4) is 0 Å². The van der Waals surface area contributed by atoms with Crippen LogP contribution in [0.25, 0.3) is 0 Å². The molecule has 158 valence electrons. The Hall–Kier alpha value is -3.84. The fourth-order valence-corrected chi connectivity index (χ4v) is 3.29. The molecule has 0 aromatic heterocycles. The monoisotopic (exact) mass is 418 g/mol. The van der Waals surface area contributed by atoms with Crippen LogP contribution in [-0.4, -0.2) is 43.3 Å². The van der Waals surface area contributed by atoms with Crippen LogP contribution in [0.4, 0.5) is 11.4 Å². The number of hydrogen-bond donors (Lipinski definition) is 2. The van der Waals surface area contributed by atoms with Crippen molar-refractivity contribution in [3.63, 3.8) is 0 Å². The van der Waals surface area contributed by atoms with Crippen molar-refractivity contribution in [3.8, 4) is 11.5 Å². The number of aromatic carboxylic acids is 1. The average molecular weight is 418 g/mol. The minimum atomic E-state index is -1.00. The Kier molecular flexibility index (Phi) is 6.14. The van der Waals surface area contributed by atoms with Crippen LogP contribution in [0.15, 0.2) is 72.8 Å². The summed E-state index contributed by atoms with van der Waals surface area (Å²) in [5.41, 5.74) is 2.30. The number of nitrogens with zero attached hydrogens (tertiary/aromatic N) is 1. The third-order valence-corrected chi connectivity index (χ3v) is 4.97. The van der Waals surface area contributed by atoms with Crippen molar-refractivity contribution < 1.29 is 24.2 Å². The maximum absolute atomic E-state index is 12.8. The topological polar surface area (TPSA) is 88.1 Å². The molecule has 2 N–H and O–H groups in total. The normalized spacial score (nSPS) is 13.5. The SMILES string of the molecule is O=C(O)c1ccc(Oc2ccccc2NC(=O)c2ccc(N3CCOCC3)cc2)cc1. The Morgan fingerprint density at radius 1 is 0.871 bits per heavy atom. The molecule has 0 saturated carbocycles. The van der Waals surface area contributed by atoms with Gasteiger partial charge in [0, 0.05) is 24.3 Å². The minimum absolute atomic E-state index is 0.175. The van der Waals surface area contributed by atoms with Gasteiger partial charge in [-0.1, -0.05) is 12.1 Å². The molecule has 1 aliphatic heterocycles. The van der Waals surface area contributed by atoms with E-state index in [1.807, 2.05) is 12.1 Å². The number of carboxylic acid groups (broad SMARTS) is 1. The molecule has 0 spiro atoms. The summed E-state index contributed by atoms with van der Waals surface area (Å²) >= 11 is 0. The molecule has 1 saturated heterocycles. The van der Waals surface area contributed by atoms with Gasteiger partial charge >= 0.3 is 5.97 Å². The molecule has 7 heteroatoms. The fraction of sp³-hybridized carbons (Fsp3) is 0.167. The lowest BCUT2D eigenvalue weighted by atomic mass is 10.1. The lowest BCUT2D eigenvalue weighted by Gasteiger charge is -2.28. The molecule has 4 rings (SSSR count). The first kappa shape index (κ1) is 20.4. The van der Waals surface area contributed by atoms with E-state index in [0.29, 0.717) is 36.0 Å². The van der Waals surface area contributed by atoms with E-state index in [1.54, 1.807) is 48.5 Å². The van der Waals surface area contributed by atoms with Crippen LogP contribution >= 0.6 is 0 Å². The number of morpholine rings is 1. The van der Waals surface area contributed by atoms with Crippen molar-refractivity contribution >= 4 is 23.3 Å². The van der Waals surface area contributed by atoms with Gasteiger partial charge in [0.05, 0.1) is 24.5 Å². The number of benzene rings is 3. The first-order valence-electron chi connectivity index (χ1n) is 9.94. The second-order valence-electron chi connectivity index (χ2n) is 7.03.